The molecule has 124 valence electrons. The summed E-state index contributed by atoms with van der Waals surface area (Å²) in [5.41, 5.74) is 3.53. The average Bonchev–Trinajstić information content (AvgIpc) is 2.49. The Bertz CT molecular complexity index is 796. The van der Waals surface area contributed by atoms with E-state index in [4.69, 9.17) is 4.74 Å². The van der Waals surface area contributed by atoms with Crippen molar-refractivity contribution < 1.29 is 13.2 Å². The third-order valence-electron chi connectivity index (χ3n) is 3.89. The number of ether oxygens (including phenoxy) is 1. The van der Waals surface area contributed by atoms with Crippen molar-refractivity contribution >= 4 is 10.0 Å². The number of nitrogens with one attached hydrogen (secondary N) is 1. The van der Waals surface area contributed by atoms with Crippen molar-refractivity contribution in [2.24, 2.45) is 0 Å². The molecular formula is C18H23NO3S. The van der Waals surface area contributed by atoms with Crippen molar-refractivity contribution in [1.29, 1.82) is 0 Å². The molecule has 0 aliphatic carbocycles. The molecule has 0 fully saturated rings. The van der Waals surface area contributed by atoms with Crippen molar-refractivity contribution in [2.45, 2.75) is 38.6 Å². The smallest absolute Gasteiger partial charge is 0.241 e. The van der Waals surface area contributed by atoms with E-state index in [0.717, 1.165) is 16.7 Å². The Hall–Kier alpha value is -1.85. The quantitative estimate of drug-likeness (QED) is 0.908. The van der Waals surface area contributed by atoms with Crippen LogP contribution in [0.1, 0.15) is 35.2 Å². The SMILES string of the molecule is COc1cc(C)c(S(=O)(=O)NC(C)c2ccc(C)cc2)cc1C. The first kappa shape index (κ1) is 17.5. The largest absolute Gasteiger partial charge is 0.496 e. The second kappa shape index (κ2) is 6.72. The molecule has 1 atom stereocenters. The molecule has 0 bridgehead atoms. The molecule has 1 unspecified atom stereocenters. The fraction of sp³-hybridized carbons (Fsp3) is 0.333. The van der Waals surface area contributed by atoms with Crippen LogP contribution in [0.3, 0.4) is 0 Å². The van der Waals surface area contributed by atoms with Crippen LogP contribution in [-0.4, -0.2) is 15.5 Å². The summed E-state index contributed by atoms with van der Waals surface area (Å²) in [6.45, 7) is 7.45. The van der Waals surface area contributed by atoms with E-state index >= 15 is 0 Å². The van der Waals surface area contributed by atoms with E-state index in [-0.39, 0.29) is 10.9 Å². The Balaban J connectivity index is 2.32. The zero-order valence-electron chi connectivity index (χ0n) is 14.2. The zero-order valence-corrected chi connectivity index (χ0v) is 15.0. The Kier molecular flexibility index (Phi) is 5.12. The van der Waals surface area contributed by atoms with Crippen molar-refractivity contribution in [3.63, 3.8) is 0 Å². The molecule has 0 saturated heterocycles. The van der Waals surface area contributed by atoms with Crippen molar-refractivity contribution in [1.82, 2.24) is 4.72 Å². The molecule has 0 saturated carbocycles. The number of hydrogen-bond donors (Lipinski definition) is 1. The van der Waals surface area contributed by atoms with Gasteiger partial charge in [-0.2, -0.15) is 0 Å². The Labute approximate surface area is 138 Å². The summed E-state index contributed by atoms with van der Waals surface area (Å²) in [5.74, 6) is 0.688. The van der Waals surface area contributed by atoms with Crippen LogP contribution in [0, 0.1) is 20.8 Å². The first-order chi connectivity index (χ1) is 10.7. The van der Waals surface area contributed by atoms with E-state index in [1.165, 1.54) is 0 Å². The maximum Gasteiger partial charge on any atom is 0.241 e. The Morgan fingerprint density at radius 1 is 1.00 bits per heavy atom. The first-order valence-electron chi connectivity index (χ1n) is 7.48. The lowest BCUT2D eigenvalue weighted by Gasteiger charge is -2.17. The van der Waals surface area contributed by atoms with Gasteiger partial charge < -0.3 is 4.74 Å². The predicted octanol–water partition coefficient (Wildman–Crippen LogP) is 3.66. The highest BCUT2D eigenvalue weighted by molar-refractivity contribution is 7.89. The number of benzene rings is 2. The number of aryl methyl sites for hydroxylation is 3. The summed E-state index contributed by atoms with van der Waals surface area (Å²) in [5, 5.41) is 0. The Morgan fingerprint density at radius 3 is 2.17 bits per heavy atom. The summed E-state index contributed by atoms with van der Waals surface area (Å²) in [6.07, 6.45) is 0. The molecule has 0 heterocycles. The van der Waals surface area contributed by atoms with Gasteiger partial charge in [-0.15, -0.1) is 0 Å². The van der Waals surface area contributed by atoms with Gasteiger partial charge in [0, 0.05) is 6.04 Å². The van der Waals surface area contributed by atoms with Gasteiger partial charge in [-0.25, -0.2) is 13.1 Å². The van der Waals surface area contributed by atoms with Gasteiger partial charge in [0.15, 0.2) is 0 Å². The topological polar surface area (TPSA) is 55.4 Å². The summed E-state index contributed by atoms with van der Waals surface area (Å²) in [7, 11) is -2.02. The van der Waals surface area contributed by atoms with Gasteiger partial charge >= 0.3 is 0 Å². The van der Waals surface area contributed by atoms with Crippen LogP contribution in [0.25, 0.3) is 0 Å². The van der Waals surface area contributed by atoms with Gasteiger partial charge in [-0.1, -0.05) is 29.8 Å². The van der Waals surface area contributed by atoms with E-state index in [1.807, 2.05) is 45.0 Å². The highest BCUT2D eigenvalue weighted by Crippen LogP contribution is 2.26. The lowest BCUT2D eigenvalue weighted by Crippen LogP contribution is -2.27. The van der Waals surface area contributed by atoms with Crippen molar-refractivity contribution in [2.75, 3.05) is 7.11 Å². The molecule has 0 aliphatic rings. The van der Waals surface area contributed by atoms with Gasteiger partial charge in [-0.05, 0) is 56.5 Å². The fourth-order valence-corrected chi connectivity index (χ4v) is 4.04. The third-order valence-corrected chi connectivity index (χ3v) is 5.57. The molecule has 23 heavy (non-hydrogen) atoms. The molecule has 4 nitrogen and oxygen atoms in total. The molecule has 0 amide bonds. The normalized spacial score (nSPS) is 12.9. The minimum absolute atomic E-state index is 0.287. The van der Waals surface area contributed by atoms with Gasteiger partial charge in [0.25, 0.3) is 0 Å². The van der Waals surface area contributed by atoms with Crippen LogP contribution >= 0.6 is 0 Å². The lowest BCUT2D eigenvalue weighted by atomic mass is 10.1. The van der Waals surface area contributed by atoms with Crippen molar-refractivity contribution in [3.8, 4) is 5.75 Å². The van der Waals surface area contributed by atoms with Crippen LogP contribution in [-0.2, 0) is 10.0 Å². The maximum absolute atomic E-state index is 12.7. The lowest BCUT2D eigenvalue weighted by molar-refractivity contribution is 0.411. The van der Waals surface area contributed by atoms with Crippen LogP contribution in [0.2, 0.25) is 0 Å². The molecule has 1 N–H and O–H groups in total. The van der Waals surface area contributed by atoms with Crippen LogP contribution in [0.5, 0.6) is 5.75 Å². The third kappa shape index (κ3) is 3.92. The summed E-state index contributed by atoms with van der Waals surface area (Å²) < 4.78 is 33.4. The number of rotatable bonds is 5. The average molecular weight is 333 g/mol. The van der Waals surface area contributed by atoms with E-state index < -0.39 is 10.0 Å². The molecule has 2 aromatic carbocycles. The molecule has 2 rings (SSSR count). The molecule has 5 heteroatoms. The predicted molar refractivity (Wildman–Crippen MR) is 92.4 cm³/mol. The number of hydrogen-bond acceptors (Lipinski definition) is 3. The van der Waals surface area contributed by atoms with Gasteiger partial charge in [0.1, 0.15) is 5.75 Å². The van der Waals surface area contributed by atoms with Crippen LogP contribution < -0.4 is 9.46 Å². The fourth-order valence-electron chi connectivity index (χ4n) is 2.49. The molecule has 0 radical (unpaired) electrons. The van der Waals surface area contributed by atoms with E-state index in [2.05, 4.69) is 4.72 Å². The van der Waals surface area contributed by atoms with Gasteiger partial charge in [0.05, 0.1) is 12.0 Å². The molecular weight excluding hydrogens is 310 g/mol. The summed E-state index contributed by atoms with van der Waals surface area (Å²) in [6, 6.07) is 10.9. The molecule has 0 aliphatic heterocycles. The second-order valence-electron chi connectivity index (χ2n) is 5.84. The molecule has 0 spiro atoms. The first-order valence-corrected chi connectivity index (χ1v) is 8.97. The standard InChI is InChI=1S/C18H23NO3S/c1-12-6-8-16(9-7-12)15(4)19-23(20,21)18-11-13(2)17(22-5)10-14(18)3/h6-11,15,19H,1-5H3. The maximum atomic E-state index is 12.7. The number of methoxy groups -OCH3 is 1. The molecule has 0 aromatic heterocycles. The summed E-state index contributed by atoms with van der Waals surface area (Å²) >= 11 is 0. The van der Waals surface area contributed by atoms with Gasteiger partial charge in [-0.3, -0.25) is 0 Å². The minimum atomic E-state index is -3.60. The second-order valence-corrected chi connectivity index (χ2v) is 7.52. The summed E-state index contributed by atoms with van der Waals surface area (Å²) in [4.78, 5) is 0.287. The van der Waals surface area contributed by atoms with Crippen molar-refractivity contribution in [3.05, 3.63) is 58.7 Å². The minimum Gasteiger partial charge on any atom is -0.496 e. The van der Waals surface area contributed by atoms with Crippen LogP contribution in [0.4, 0.5) is 0 Å². The number of sulfonamides is 1. The molecule has 2 aromatic rings. The van der Waals surface area contributed by atoms with E-state index in [9.17, 15) is 8.42 Å². The van der Waals surface area contributed by atoms with E-state index in [1.54, 1.807) is 26.2 Å². The highest BCUT2D eigenvalue weighted by atomic mass is 32.2. The van der Waals surface area contributed by atoms with E-state index in [0.29, 0.717) is 11.3 Å². The monoisotopic (exact) mass is 333 g/mol. The Morgan fingerprint density at radius 2 is 1.61 bits per heavy atom. The highest BCUT2D eigenvalue weighted by Gasteiger charge is 2.21. The van der Waals surface area contributed by atoms with Gasteiger partial charge in [0.2, 0.25) is 10.0 Å². The van der Waals surface area contributed by atoms with Crippen LogP contribution in [0.15, 0.2) is 41.3 Å². The zero-order chi connectivity index (χ0) is 17.2.